The second kappa shape index (κ2) is 4.50. The Morgan fingerprint density at radius 1 is 1.36 bits per heavy atom. The molecule has 0 aromatic rings. The van der Waals surface area contributed by atoms with Crippen LogP contribution in [-0.2, 0) is 9.53 Å². The first-order valence-electron chi connectivity index (χ1n) is 3.96. The number of rotatable bonds is 4. The van der Waals surface area contributed by atoms with Crippen LogP contribution in [-0.4, -0.2) is 19.5 Å². The van der Waals surface area contributed by atoms with Gasteiger partial charge in [0.25, 0.3) is 0 Å². The zero-order valence-corrected chi connectivity index (χ0v) is 7.94. The zero-order chi connectivity index (χ0) is 8.91. The number of methoxy groups -OCH3 is 1. The Labute approximate surface area is 68.9 Å². The molecule has 0 N–H and O–H groups in total. The van der Waals surface area contributed by atoms with Crippen LogP contribution >= 0.6 is 0 Å². The molecule has 0 saturated heterocycles. The predicted octanol–water partition coefficient (Wildman–Crippen LogP) is 2.03. The molecule has 0 bridgehead atoms. The summed E-state index contributed by atoms with van der Waals surface area (Å²) in [4.78, 5) is 11.0. The van der Waals surface area contributed by atoms with Gasteiger partial charge < -0.3 is 4.74 Å². The second-order valence-electron chi connectivity index (χ2n) is 4.03. The third-order valence-corrected chi connectivity index (χ3v) is 1.46. The number of ether oxygens (including phenoxy) is 1. The fourth-order valence-electron chi connectivity index (χ4n) is 0.748. The van der Waals surface area contributed by atoms with E-state index in [1.54, 1.807) is 7.11 Å². The number of ketones is 1. The smallest absolute Gasteiger partial charge is 0.158 e. The predicted molar refractivity (Wildman–Crippen MR) is 45.6 cm³/mol. The standard InChI is InChI=1S/C9H18O2/c1-9(2,3)6-5-8(10)7-11-4/h5-7H2,1-4H3. The quantitative estimate of drug-likeness (QED) is 0.625. The molecular weight excluding hydrogens is 140 g/mol. The van der Waals surface area contributed by atoms with Crippen LogP contribution in [0.1, 0.15) is 33.6 Å². The second-order valence-corrected chi connectivity index (χ2v) is 4.03. The molecule has 0 rings (SSSR count). The van der Waals surface area contributed by atoms with Gasteiger partial charge in [-0.05, 0) is 11.8 Å². The van der Waals surface area contributed by atoms with E-state index >= 15 is 0 Å². The minimum atomic E-state index is 0.197. The minimum Gasteiger partial charge on any atom is -0.377 e. The minimum absolute atomic E-state index is 0.197. The van der Waals surface area contributed by atoms with E-state index < -0.39 is 0 Å². The molecule has 0 unspecified atom stereocenters. The van der Waals surface area contributed by atoms with Crippen molar-refractivity contribution in [3.8, 4) is 0 Å². The highest BCUT2D eigenvalue weighted by Crippen LogP contribution is 2.20. The van der Waals surface area contributed by atoms with E-state index in [0.29, 0.717) is 6.42 Å². The van der Waals surface area contributed by atoms with Crippen LogP contribution in [0.4, 0.5) is 0 Å². The molecule has 66 valence electrons. The number of hydrogen-bond acceptors (Lipinski definition) is 2. The van der Waals surface area contributed by atoms with Crippen LogP contribution < -0.4 is 0 Å². The van der Waals surface area contributed by atoms with Crippen molar-refractivity contribution in [1.82, 2.24) is 0 Å². The van der Waals surface area contributed by atoms with E-state index in [9.17, 15) is 4.79 Å². The van der Waals surface area contributed by atoms with Gasteiger partial charge >= 0.3 is 0 Å². The molecule has 0 aromatic heterocycles. The fourth-order valence-corrected chi connectivity index (χ4v) is 0.748. The summed E-state index contributed by atoms with van der Waals surface area (Å²) in [6.07, 6.45) is 1.58. The normalized spacial score (nSPS) is 11.6. The molecule has 0 spiro atoms. The number of carbonyl (C=O) groups excluding carboxylic acids is 1. The van der Waals surface area contributed by atoms with Crippen molar-refractivity contribution < 1.29 is 9.53 Å². The van der Waals surface area contributed by atoms with E-state index in [2.05, 4.69) is 20.8 Å². The number of carbonyl (C=O) groups is 1. The fraction of sp³-hybridized carbons (Fsp3) is 0.889. The molecule has 0 aliphatic carbocycles. The van der Waals surface area contributed by atoms with Crippen molar-refractivity contribution in [3.05, 3.63) is 0 Å². The van der Waals surface area contributed by atoms with Crippen LogP contribution in [0.2, 0.25) is 0 Å². The molecule has 2 nitrogen and oxygen atoms in total. The molecule has 2 heteroatoms. The molecule has 0 saturated carbocycles. The summed E-state index contributed by atoms with van der Waals surface area (Å²) < 4.78 is 4.72. The summed E-state index contributed by atoms with van der Waals surface area (Å²) in [5.74, 6) is 0.197. The van der Waals surface area contributed by atoms with Crippen LogP contribution in [0.3, 0.4) is 0 Å². The topological polar surface area (TPSA) is 26.3 Å². The van der Waals surface area contributed by atoms with Crippen LogP contribution in [0.15, 0.2) is 0 Å². The van der Waals surface area contributed by atoms with Crippen molar-refractivity contribution >= 4 is 5.78 Å². The van der Waals surface area contributed by atoms with Gasteiger partial charge in [-0.3, -0.25) is 4.79 Å². The van der Waals surface area contributed by atoms with Gasteiger partial charge in [0.15, 0.2) is 5.78 Å². The van der Waals surface area contributed by atoms with E-state index in [4.69, 9.17) is 4.74 Å². The first-order valence-corrected chi connectivity index (χ1v) is 3.96. The summed E-state index contributed by atoms with van der Waals surface area (Å²) in [6, 6.07) is 0. The first kappa shape index (κ1) is 10.6. The highest BCUT2D eigenvalue weighted by molar-refractivity contribution is 5.79. The van der Waals surface area contributed by atoms with Crippen molar-refractivity contribution in [2.24, 2.45) is 5.41 Å². The maximum atomic E-state index is 11.0. The Morgan fingerprint density at radius 2 is 1.91 bits per heavy atom. The van der Waals surface area contributed by atoms with Gasteiger partial charge in [0.1, 0.15) is 6.61 Å². The molecule has 0 radical (unpaired) electrons. The third-order valence-electron chi connectivity index (χ3n) is 1.46. The van der Waals surface area contributed by atoms with E-state index in [-0.39, 0.29) is 17.8 Å². The molecule has 0 fully saturated rings. The largest absolute Gasteiger partial charge is 0.377 e. The molecule has 0 heterocycles. The maximum absolute atomic E-state index is 11.0. The zero-order valence-electron chi connectivity index (χ0n) is 7.94. The lowest BCUT2D eigenvalue weighted by Crippen LogP contribution is -2.12. The van der Waals surface area contributed by atoms with Crippen molar-refractivity contribution in [1.29, 1.82) is 0 Å². The van der Waals surface area contributed by atoms with Crippen molar-refractivity contribution in [3.63, 3.8) is 0 Å². The maximum Gasteiger partial charge on any atom is 0.158 e. The van der Waals surface area contributed by atoms with E-state index in [1.807, 2.05) is 0 Å². The van der Waals surface area contributed by atoms with Gasteiger partial charge in [-0.15, -0.1) is 0 Å². The van der Waals surface area contributed by atoms with Gasteiger partial charge in [-0.2, -0.15) is 0 Å². The third kappa shape index (κ3) is 7.53. The van der Waals surface area contributed by atoms with Gasteiger partial charge in [-0.1, -0.05) is 20.8 Å². The summed E-state index contributed by atoms with van der Waals surface area (Å²) in [7, 11) is 1.55. The van der Waals surface area contributed by atoms with Gasteiger partial charge in [0.2, 0.25) is 0 Å². The van der Waals surface area contributed by atoms with E-state index in [0.717, 1.165) is 6.42 Å². The van der Waals surface area contributed by atoms with Crippen molar-refractivity contribution in [2.45, 2.75) is 33.6 Å². The monoisotopic (exact) mass is 158 g/mol. The average molecular weight is 158 g/mol. The molecule has 0 amide bonds. The Kier molecular flexibility index (Phi) is 4.34. The molecular formula is C9H18O2. The first-order chi connectivity index (χ1) is 4.95. The molecule has 0 aliphatic heterocycles. The van der Waals surface area contributed by atoms with Crippen LogP contribution in [0.25, 0.3) is 0 Å². The lowest BCUT2D eigenvalue weighted by atomic mass is 9.90. The number of Topliss-reactive ketones (excluding diaryl/α,β-unsaturated/α-hetero) is 1. The number of hydrogen-bond donors (Lipinski definition) is 0. The average Bonchev–Trinajstić information content (AvgIpc) is 1.83. The Morgan fingerprint density at radius 3 is 2.27 bits per heavy atom. The lowest BCUT2D eigenvalue weighted by molar-refractivity contribution is -0.123. The molecule has 0 aliphatic rings. The highest BCUT2D eigenvalue weighted by Gasteiger charge is 2.12. The summed E-state index contributed by atoms with van der Waals surface area (Å²) >= 11 is 0. The molecule has 0 aromatic carbocycles. The van der Waals surface area contributed by atoms with Gasteiger partial charge in [0, 0.05) is 13.5 Å². The lowest BCUT2D eigenvalue weighted by Gasteiger charge is -2.16. The van der Waals surface area contributed by atoms with Gasteiger partial charge in [-0.25, -0.2) is 0 Å². The molecule has 11 heavy (non-hydrogen) atoms. The molecule has 0 atom stereocenters. The van der Waals surface area contributed by atoms with Crippen LogP contribution in [0, 0.1) is 5.41 Å². The summed E-state index contributed by atoms with van der Waals surface area (Å²) in [6.45, 7) is 6.66. The summed E-state index contributed by atoms with van der Waals surface area (Å²) in [5, 5.41) is 0. The van der Waals surface area contributed by atoms with Gasteiger partial charge in [0.05, 0.1) is 0 Å². The van der Waals surface area contributed by atoms with E-state index in [1.165, 1.54) is 0 Å². The SMILES string of the molecule is COCC(=O)CCC(C)(C)C. The Bertz CT molecular complexity index is 122. The Hall–Kier alpha value is -0.370. The van der Waals surface area contributed by atoms with Crippen LogP contribution in [0.5, 0.6) is 0 Å². The Balaban J connectivity index is 3.46. The van der Waals surface area contributed by atoms with Crippen molar-refractivity contribution in [2.75, 3.05) is 13.7 Å². The summed E-state index contributed by atoms with van der Waals surface area (Å²) in [5.41, 5.74) is 0.253. The highest BCUT2D eigenvalue weighted by atomic mass is 16.5.